The van der Waals surface area contributed by atoms with Crippen LogP contribution in [0.4, 0.5) is 8.78 Å². The van der Waals surface area contributed by atoms with E-state index in [1.54, 1.807) is 0 Å². The maximum Gasteiger partial charge on any atom is 0.250 e. The Balaban J connectivity index is 2.11. The van der Waals surface area contributed by atoms with E-state index in [-0.39, 0.29) is 12.6 Å². The van der Waals surface area contributed by atoms with E-state index in [9.17, 15) is 8.78 Å². The van der Waals surface area contributed by atoms with Crippen molar-refractivity contribution in [1.29, 1.82) is 0 Å². The molecule has 0 saturated carbocycles. The summed E-state index contributed by atoms with van der Waals surface area (Å²) < 4.78 is 25.2. The molecule has 2 rings (SSSR count). The first-order valence-corrected chi connectivity index (χ1v) is 5.76. The Kier molecular flexibility index (Phi) is 3.36. The highest BCUT2D eigenvalue weighted by molar-refractivity contribution is 9.10. The van der Waals surface area contributed by atoms with Crippen molar-refractivity contribution in [1.82, 2.24) is 5.32 Å². The summed E-state index contributed by atoms with van der Waals surface area (Å²) in [5.41, 5.74) is 2.41. The van der Waals surface area contributed by atoms with E-state index in [0.29, 0.717) is 0 Å². The zero-order valence-electron chi connectivity index (χ0n) is 8.14. The molecule has 82 valence electrons. The van der Waals surface area contributed by atoms with E-state index in [1.165, 1.54) is 5.56 Å². The van der Waals surface area contributed by atoms with Gasteiger partial charge in [0.2, 0.25) is 0 Å². The van der Waals surface area contributed by atoms with E-state index in [1.807, 2.05) is 18.2 Å². The molecule has 0 fully saturated rings. The van der Waals surface area contributed by atoms with Crippen LogP contribution >= 0.6 is 15.9 Å². The molecule has 0 spiro atoms. The zero-order chi connectivity index (χ0) is 10.8. The van der Waals surface area contributed by atoms with Gasteiger partial charge in [0.1, 0.15) is 0 Å². The minimum absolute atomic E-state index is 0.0894. The minimum Gasteiger partial charge on any atom is -0.305 e. The number of benzene rings is 1. The highest BCUT2D eigenvalue weighted by Gasteiger charge is 2.23. The van der Waals surface area contributed by atoms with Gasteiger partial charge in [-0.25, -0.2) is 8.78 Å². The number of hydrogen-bond acceptors (Lipinski definition) is 1. The maximum atomic E-state index is 12.1. The average molecular weight is 276 g/mol. The fourth-order valence-corrected chi connectivity index (χ4v) is 2.63. The highest BCUT2D eigenvalue weighted by Crippen LogP contribution is 2.35. The summed E-state index contributed by atoms with van der Waals surface area (Å²) in [5.74, 6) is 0. The van der Waals surface area contributed by atoms with E-state index in [4.69, 9.17) is 0 Å². The van der Waals surface area contributed by atoms with Crippen molar-refractivity contribution in [2.24, 2.45) is 0 Å². The molecule has 0 radical (unpaired) electrons. The molecule has 1 unspecified atom stereocenters. The first kappa shape index (κ1) is 11.0. The second-order valence-corrected chi connectivity index (χ2v) is 4.55. The van der Waals surface area contributed by atoms with Crippen molar-refractivity contribution in [3.05, 3.63) is 33.8 Å². The van der Waals surface area contributed by atoms with Gasteiger partial charge < -0.3 is 5.32 Å². The molecule has 1 aliphatic carbocycles. The van der Waals surface area contributed by atoms with Crippen LogP contribution in [0.3, 0.4) is 0 Å². The molecule has 0 heterocycles. The lowest BCUT2D eigenvalue weighted by molar-refractivity contribution is 0.141. The monoisotopic (exact) mass is 275 g/mol. The van der Waals surface area contributed by atoms with Gasteiger partial charge in [-0.15, -0.1) is 0 Å². The van der Waals surface area contributed by atoms with Crippen LogP contribution in [0.2, 0.25) is 0 Å². The fraction of sp³-hybridized carbons (Fsp3) is 0.455. The van der Waals surface area contributed by atoms with E-state index >= 15 is 0 Å². The number of alkyl halides is 2. The van der Waals surface area contributed by atoms with E-state index in [0.717, 1.165) is 22.9 Å². The molecule has 4 heteroatoms. The molecule has 1 atom stereocenters. The number of halogens is 3. The topological polar surface area (TPSA) is 12.0 Å². The maximum absolute atomic E-state index is 12.1. The molecular formula is C11H12BrF2N. The van der Waals surface area contributed by atoms with Gasteiger partial charge >= 0.3 is 0 Å². The van der Waals surface area contributed by atoms with Crippen LogP contribution in [-0.2, 0) is 6.42 Å². The minimum atomic E-state index is -2.28. The summed E-state index contributed by atoms with van der Waals surface area (Å²) in [5, 5.41) is 2.89. The predicted molar refractivity (Wildman–Crippen MR) is 59.2 cm³/mol. The second kappa shape index (κ2) is 4.58. The van der Waals surface area contributed by atoms with Crippen molar-refractivity contribution in [2.75, 3.05) is 6.54 Å². The number of nitrogens with one attached hydrogen (secondary N) is 1. The summed E-state index contributed by atoms with van der Waals surface area (Å²) in [6, 6.07) is 6.04. The first-order valence-electron chi connectivity index (χ1n) is 4.97. The Labute approximate surface area is 96.0 Å². The Morgan fingerprint density at radius 3 is 3.00 bits per heavy atom. The van der Waals surface area contributed by atoms with Gasteiger partial charge in [-0.05, 0) is 30.0 Å². The SMILES string of the molecule is FC(F)CNC1CCc2c(Br)cccc21. The Morgan fingerprint density at radius 1 is 1.47 bits per heavy atom. The first-order chi connectivity index (χ1) is 7.18. The van der Waals surface area contributed by atoms with Crippen LogP contribution in [0.5, 0.6) is 0 Å². The van der Waals surface area contributed by atoms with Crippen LogP contribution in [-0.4, -0.2) is 13.0 Å². The molecular weight excluding hydrogens is 264 g/mol. The van der Waals surface area contributed by atoms with Gasteiger partial charge in [-0.2, -0.15) is 0 Å². The quantitative estimate of drug-likeness (QED) is 0.893. The third kappa shape index (κ3) is 2.37. The van der Waals surface area contributed by atoms with Gasteiger partial charge in [0.15, 0.2) is 0 Å². The lowest BCUT2D eigenvalue weighted by atomic mass is 10.1. The van der Waals surface area contributed by atoms with Gasteiger partial charge in [-0.1, -0.05) is 28.1 Å². The van der Waals surface area contributed by atoms with Crippen LogP contribution in [0.1, 0.15) is 23.6 Å². The lowest BCUT2D eigenvalue weighted by Gasteiger charge is -2.13. The van der Waals surface area contributed by atoms with Crippen molar-refractivity contribution in [3.63, 3.8) is 0 Å². The van der Waals surface area contributed by atoms with Crippen LogP contribution in [0.25, 0.3) is 0 Å². The van der Waals surface area contributed by atoms with Crippen molar-refractivity contribution >= 4 is 15.9 Å². The van der Waals surface area contributed by atoms with Gasteiger partial charge in [-0.3, -0.25) is 0 Å². The van der Waals surface area contributed by atoms with E-state index < -0.39 is 6.43 Å². The van der Waals surface area contributed by atoms with Gasteiger partial charge in [0.05, 0.1) is 6.54 Å². The molecule has 0 amide bonds. The molecule has 1 aromatic carbocycles. The van der Waals surface area contributed by atoms with Crippen LogP contribution < -0.4 is 5.32 Å². The standard InChI is InChI=1S/C11H12BrF2N/c12-9-3-1-2-8-7(9)4-5-10(8)15-6-11(13)14/h1-3,10-11,15H,4-6H2. The summed E-state index contributed by atoms with van der Waals surface area (Å²) in [6.07, 6.45) is -0.413. The molecule has 1 aromatic rings. The number of hydrogen-bond donors (Lipinski definition) is 1. The van der Waals surface area contributed by atoms with Crippen molar-refractivity contribution < 1.29 is 8.78 Å². The molecule has 0 bridgehead atoms. The normalized spacial score (nSPS) is 19.6. The lowest BCUT2D eigenvalue weighted by Crippen LogP contribution is -2.24. The van der Waals surface area contributed by atoms with Crippen LogP contribution in [0.15, 0.2) is 22.7 Å². The van der Waals surface area contributed by atoms with Crippen LogP contribution in [0, 0.1) is 0 Å². The molecule has 15 heavy (non-hydrogen) atoms. The summed E-state index contributed by atoms with van der Waals surface area (Å²) in [6.45, 7) is -0.226. The Bertz CT molecular complexity index is 354. The molecule has 1 N–H and O–H groups in total. The Morgan fingerprint density at radius 2 is 2.27 bits per heavy atom. The molecule has 1 aliphatic rings. The van der Waals surface area contributed by atoms with Gasteiger partial charge in [0.25, 0.3) is 6.43 Å². The molecule has 0 aliphatic heterocycles. The van der Waals surface area contributed by atoms with Gasteiger partial charge in [0, 0.05) is 10.5 Å². The predicted octanol–water partition coefficient (Wildman–Crippen LogP) is 3.29. The molecule has 0 aromatic heterocycles. The second-order valence-electron chi connectivity index (χ2n) is 3.70. The molecule has 1 nitrogen and oxygen atoms in total. The zero-order valence-corrected chi connectivity index (χ0v) is 9.73. The third-order valence-electron chi connectivity index (χ3n) is 2.73. The summed E-state index contributed by atoms with van der Waals surface area (Å²) in [4.78, 5) is 0. The molecule has 0 saturated heterocycles. The number of fused-ring (bicyclic) bond motifs is 1. The fourth-order valence-electron chi connectivity index (χ4n) is 2.05. The third-order valence-corrected chi connectivity index (χ3v) is 3.48. The van der Waals surface area contributed by atoms with Crippen molar-refractivity contribution in [2.45, 2.75) is 25.3 Å². The average Bonchev–Trinajstić information content (AvgIpc) is 2.59. The smallest absolute Gasteiger partial charge is 0.250 e. The number of rotatable bonds is 3. The largest absolute Gasteiger partial charge is 0.305 e. The summed E-state index contributed by atoms with van der Waals surface area (Å²) in [7, 11) is 0. The summed E-state index contributed by atoms with van der Waals surface area (Å²) >= 11 is 3.48. The van der Waals surface area contributed by atoms with E-state index in [2.05, 4.69) is 21.2 Å². The van der Waals surface area contributed by atoms with Crippen molar-refractivity contribution in [3.8, 4) is 0 Å². The highest BCUT2D eigenvalue weighted by atomic mass is 79.9. The Hall–Kier alpha value is -0.480.